The van der Waals surface area contributed by atoms with Crippen molar-refractivity contribution in [2.45, 2.75) is 31.6 Å². The molecule has 1 amide bonds. The molecule has 1 aliphatic carbocycles. The highest BCUT2D eigenvalue weighted by Gasteiger charge is 2.39. The van der Waals surface area contributed by atoms with E-state index in [0.717, 1.165) is 0 Å². The maximum atomic E-state index is 13.1. The third-order valence-corrected chi connectivity index (χ3v) is 5.50. The van der Waals surface area contributed by atoms with Crippen LogP contribution in [0.5, 0.6) is 0 Å². The fraction of sp³-hybridized carbons (Fsp3) is 0.238. The van der Waals surface area contributed by atoms with Gasteiger partial charge in [0.15, 0.2) is 5.78 Å². The largest absolute Gasteiger partial charge is 0.294 e. The van der Waals surface area contributed by atoms with Gasteiger partial charge in [0.2, 0.25) is 5.91 Å². The molecule has 30 heavy (non-hydrogen) atoms. The van der Waals surface area contributed by atoms with Crippen LogP contribution in [0.3, 0.4) is 0 Å². The van der Waals surface area contributed by atoms with Crippen molar-refractivity contribution in [1.82, 2.24) is 0 Å². The van der Waals surface area contributed by atoms with Crippen LogP contribution in [0.25, 0.3) is 0 Å². The van der Waals surface area contributed by atoms with Gasteiger partial charge in [-0.3, -0.25) is 34.7 Å². The van der Waals surface area contributed by atoms with E-state index in [1.54, 1.807) is 12.1 Å². The first-order valence-corrected chi connectivity index (χ1v) is 9.45. The van der Waals surface area contributed by atoms with Crippen molar-refractivity contribution in [3.05, 3.63) is 85.6 Å². The van der Waals surface area contributed by atoms with Crippen molar-refractivity contribution in [2.75, 3.05) is 4.90 Å². The summed E-state index contributed by atoms with van der Waals surface area (Å²) in [5.41, 5.74) is 2.18. The molecule has 0 spiro atoms. The molecule has 0 radical (unpaired) electrons. The standard InChI is InChI=1S/C21H17N3O6/c25-19-3-1-2-18-21(19)17(13-4-6-15(7-5-13)23(27)28)12-20(26)22(18)14-8-10-16(11-9-14)24(29)30/h4-11,17H,1-3,12H2. The zero-order valence-corrected chi connectivity index (χ0v) is 15.8. The van der Waals surface area contributed by atoms with Gasteiger partial charge < -0.3 is 0 Å². The number of Topliss-reactive ketones (excluding diaryl/α,β-unsaturated/α-hetero) is 1. The van der Waals surface area contributed by atoms with Crippen LogP contribution in [0, 0.1) is 20.2 Å². The molecule has 4 rings (SSSR count). The van der Waals surface area contributed by atoms with Crippen molar-refractivity contribution in [3.8, 4) is 0 Å². The van der Waals surface area contributed by atoms with Gasteiger partial charge in [-0.1, -0.05) is 12.1 Å². The summed E-state index contributed by atoms with van der Waals surface area (Å²) in [6.45, 7) is 0. The lowest BCUT2D eigenvalue weighted by Crippen LogP contribution is -2.40. The minimum absolute atomic E-state index is 0.0410. The van der Waals surface area contributed by atoms with Gasteiger partial charge in [0.1, 0.15) is 0 Å². The molecule has 2 aromatic rings. The highest BCUT2D eigenvalue weighted by molar-refractivity contribution is 6.07. The number of rotatable bonds is 4. The Morgan fingerprint density at radius 2 is 1.40 bits per heavy atom. The number of nitro groups is 2. The smallest absolute Gasteiger partial charge is 0.269 e. The molecule has 9 heteroatoms. The van der Waals surface area contributed by atoms with Crippen molar-refractivity contribution in [2.24, 2.45) is 0 Å². The van der Waals surface area contributed by atoms with E-state index in [1.807, 2.05) is 0 Å². The van der Waals surface area contributed by atoms with Gasteiger partial charge in [-0.2, -0.15) is 0 Å². The van der Waals surface area contributed by atoms with Crippen LogP contribution < -0.4 is 4.90 Å². The summed E-state index contributed by atoms with van der Waals surface area (Å²) < 4.78 is 0. The first-order chi connectivity index (χ1) is 14.4. The Hall–Kier alpha value is -3.88. The molecule has 0 saturated heterocycles. The molecule has 0 bridgehead atoms. The van der Waals surface area contributed by atoms with Gasteiger partial charge in [-0.05, 0) is 30.5 Å². The Morgan fingerprint density at radius 1 is 0.833 bits per heavy atom. The van der Waals surface area contributed by atoms with Crippen molar-refractivity contribution in [3.63, 3.8) is 0 Å². The van der Waals surface area contributed by atoms with Crippen molar-refractivity contribution in [1.29, 1.82) is 0 Å². The maximum absolute atomic E-state index is 13.1. The van der Waals surface area contributed by atoms with Gasteiger partial charge in [0.25, 0.3) is 11.4 Å². The minimum Gasteiger partial charge on any atom is -0.294 e. The molecule has 152 valence electrons. The second-order valence-electron chi connectivity index (χ2n) is 7.25. The summed E-state index contributed by atoms with van der Waals surface area (Å²) in [6.07, 6.45) is 1.57. The van der Waals surface area contributed by atoms with E-state index in [9.17, 15) is 29.8 Å². The number of carbonyl (C=O) groups is 2. The lowest BCUT2D eigenvalue weighted by molar-refractivity contribution is -0.385. The van der Waals surface area contributed by atoms with E-state index < -0.39 is 15.8 Å². The third-order valence-electron chi connectivity index (χ3n) is 5.50. The predicted octanol–water partition coefficient (Wildman–Crippen LogP) is 4.03. The number of allylic oxidation sites excluding steroid dienone is 2. The molecule has 1 aliphatic heterocycles. The molecular formula is C21H17N3O6. The highest BCUT2D eigenvalue weighted by atomic mass is 16.6. The molecule has 0 saturated carbocycles. The molecule has 0 N–H and O–H groups in total. The monoisotopic (exact) mass is 407 g/mol. The van der Waals surface area contributed by atoms with E-state index in [-0.39, 0.29) is 29.5 Å². The van der Waals surface area contributed by atoms with Crippen LogP contribution in [-0.2, 0) is 9.59 Å². The quantitative estimate of drug-likeness (QED) is 0.557. The number of non-ortho nitro benzene ring substituents is 2. The normalized spacial score (nSPS) is 18.9. The van der Waals surface area contributed by atoms with Gasteiger partial charge in [0.05, 0.1) is 9.85 Å². The lowest BCUT2D eigenvalue weighted by Gasteiger charge is -2.38. The number of hydrogen-bond donors (Lipinski definition) is 0. The minimum atomic E-state index is -0.513. The Balaban J connectivity index is 1.78. The number of nitro benzene ring substituents is 2. The van der Waals surface area contributed by atoms with Crippen LogP contribution in [0.15, 0.2) is 59.8 Å². The summed E-state index contributed by atoms with van der Waals surface area (Å²) >= 11 is 0. The number of nitrogens with zero attached hydrogens (tertiary/aromatic N) is 3. The first kappa shape index (κ1) is 19.4. The van der Waals surface area contributed by atoms with Crippen LogP contribution in [0.4, 0.5) is 17.1 Å². The number of ketones is 1. The highest BCUT2D eigenvalue weighted by Crippen LogP contribution is 2.43. The summed E-state index contributed by atoms with van der Waals surface area (Å²) in [7, 11) is 0. The lowest BCUT2D eigenvalue weighted by atomic mass is 9.77. The second kappa shape index (κ2) is 7.51. The molecular weight excluding hydrogens is 390 g/mol. The van der Waals surface area contributed by atoms with E-state index in [2.05, 4.69) is 0 Å². The number of anilines is 1. The topological polar surface area (TPSA) is 124 Å². The van der Waals surface area contributed by atoms with Crippen molar-refractivity contribution < 1.29 is 19.4 Å². The summed E-state index contributed by atoms with van der Waals surface area (Å²) in [5, 5.41) is 21.8. The molecule has 2 aliphatic rings. The molecule has 0 aromatic heterocycles. The molecule has 1 atom stereocenters. The fourth-order valence-electron chi connectivity index (χ4n) is 4.13. The fourth-order valence-corrected chi connectivity index (χ4v) is 4.13. The Kier molecular flexibility index (Phi) is 4.86. The molecule has 2 aromatic carbocycles. The van der Waals surface area contributed by atoms with Gasteiger partial charge >= 0.3 is 0 Å². The molecule has 1 heterocycles. The number of amides is 1. The van der Waals surface area contributed by atoms with Gasteiger partial charge in [-0.15, -0.1) is 0 Å². The predicted molar refractivity (Wildman–Crippen MR) is 107 cm³/mol. The molecule has 9 nitrogen and oxygen atoms in total. The Labute approximate surface area is 170 Å². The average Bonchev–Trinajstić information content (AvgIpc) is 2.73. The third kappa shape index (κ3) is 3.34. The van der Waals surface area contributed by atoms with E-state index in [4.69, 9.17) is 0 Å². The number of carbonyl (C=O) groups excluding carboxylic acids is 2. The zero-order chi connectivity index (χ0) is 21.4. The second-order valence-corrected chi connectivity index (χ2v) is 7.25. The molecule has 0 fully saturated rings. The maximum Gasteiger partial charge on any atom is 0.269 e. The Bertz CT molecular complexity index is 1090. The van der Waals surface area contributed by atoms with Gasteiger partial charge in [0, 0.05) is 60.0 Å². The number of benzene rings is 2. The van der Waals surface area contributed by atoms with E-state index >= 15 is 0 Å². The van der Waals surface area contributed by atoms with Gasteiger partial charge in [-0.25, -0.2) is 0 Å². The molecule has 1 unspecified atom stereocenters. The summed E-state index contributed by atoms with van der Waals surface area (Å²) in [6, 6.07) is 11.6. The number of hydrogen-bond acceptors (Lipinski definition) is 6. The zero-order valence-electron chi connectivity index (χ0n) is 15.8. The van der Waals surface area contributed by atoms with Crippen LogP contribution in [-0.4, -0.2) is 21.5 Å². The van der Waals surface area contributed by atoms with Crippen LogP contribution in [0.2, 0.25) is 0 Å². The SMILES string of the molecule is O=C1CCCC2=C1C(c1ccc([N+](=O)[O-])cc1)CC(=O)N2c1ccc([N+](=O)[O-])cc1. The Morgan fingerprint density at radius 3 is 1.97 bits per heavy atom. The van der Waals surface area contributed by atoms with Crippen LogP contribution in [0.1, 0.15) is 37.2 Å². The summed E-state index contributed by atoms with van der Waals surface area (Å²) in [5.74, 6) is -0.727. The van der Waals surface area contributed by atoms with E-state index in [1.165, 1.54) is 41.3 Å². The average molecular weight is 407 g/mol. The van der Waals surface area contributed by atoms with Crippen LogP contribution >= 0.6 is 0 Å². The summed E-state index contributed by atoms with van der Waals surface area (Å²) in [4.78, 5) is 48.2. The van der Waals surface area contributed by atoms with E-state index in [0.29, 0.717) is 41.8 Å². The van der Waals surface area contributed by atoms with Crippen molar-refractivity contribution >= 4 is 28.8 Å². The first-order valence-electron chi connectivity index (χ1n) is 9.45.